The molecule has 0 radical (unpaired) electrons. The molecule has 0 bridgehead atoms. The molecule has 2 saturated heterocycles. The summed E-state index contributed by atoms with van der Waals surface area (Å²) in [6.07, 6.45) is 5.35. The number of hydrogen-bond acceptors (Lipinski definition) is 4. The highest BCUT2D eigenvalue weighted by Gasteiger charge is 2.40. The van der Waals surface area contributed by atoms with Crippen molar-refractivity contribution in [1.82, 2.24) is 15.2 Å². The second-order valence-electron chi connectivity index (χ2n) is 5.34. The zero-order chi connectivity index (χ0) is 12.4. The van der Waals surface area contributed by atoms with E-state index in [0.29, 0.717) is 18.1 Å². The molecule has 1 aromatic heterocycles. The maximum Gasteiger partial charge on any atom is 0.0639 e. The van der Waals surface area contributed by atoms with E-state index in [2.05, 4.69) is 21.3 Å². The van der Waals surface area contributed by atoms with Crippen LogP contribution in [0.1, 0.15) is 12.0 Å². The van der Waals surface area contributed by atoms with Gasteiger partial charge in [0, 0.05) is 51.1 Å². The highest BCUT2D eigenvalue weighted by molar-refractivity contribution is 5.86. The molecular formula is C14H24Cl3N3O. The Morgan fingerprint density at radius 3 is 2.81 bits per heavy atom. The molecular weight excluding hydrogens is 333 g/mol. The first-order chi connectivity index (χ1) is 8.86. The fraction of sp³-hybridized carbons (Fsp3) is 0.643. The van der Waals surface area contributed by atoms with Crippen LogP contribution >= 0.6 is 37.2 Å². The molecule has 0 unspecified atom stereocenters. The van der Waals surface area contributed by atoms with Crippen LogP contribution in [-0.2, 0) is 11.3 Å². The predicted octanol–water partition coefficient (Wildman–Crippen LogP) is 2.16. The zero-order valence-corrected chi connectivity index (χ0v) is 14.6. The number of nitrogens with zero attached hydrogens (tertiary/aromatic N) is 2. The molecule has 2 aliphatic heterocycles. The normalized spacial score (nSPS) is 27.8. The molecule has 3 heterocycles. The average molecular weight is 357 g/mol. The highest BCUT2D eigenvalue weighted by Crippen LogP contribution is 2.28. The molecule has 4 nitrogen and oxygen atoms in total. The third-order valence-electron chi connectivity index (χ3n) is 4.19. The van der Waals surface area contributed by atoms with Crippen LogP contribution < -0.4 is 5.32 Å². The van der Waals surface area contributed by atoms with Gasteiger partial charge >= 0.3 is 0 Å². The number of pyridine rings is 1. The summed E-state index contributed by atoms with van der Waals surface area (Å²) in [5.41, 5.74) is 1.30. The van der Waals surface area contributed by atoms with Crippen molar-refractivity contribution in [2.24, 2.45) is 5.92 Å². The van der Waals surface area contributed by atoms with Gasteiger partial charge in [0.2, 0.25) is 0 Å². The Morgan fingerprint density at radius 1 is 1.33 bits per heavy atom. The third-order valence-corrected chi connectivity index (χ3v) is 4.19. The van der Waals surface area contributed by atoms with Gasteiger partial charge in [-0.3, -0.25) is 9.88 Å². The van der Waals surface area contributed by atoms with Crippen LogP contribution in [0, 0.1) is 5.92 Å². The van der Waals surface area contributed by atoms with Crippen molar-refractivity contribution in [2.75, 3.05) is 26.7 Å². The molecule has 3 atom stereocenters. The van der Waals surface area contributed by atoms with Crippen LogP contribution in [0.2, 0.25) is 0 Å². The lowest BCUT2D eigenvalue weighted by atomic mass is 9.91. The predicted molar refractivity (Wildman–Crippen MR) is 92.0 cm³/mol. The van der Waals surface area contributed by atoms with Gasteiger partial charge in [-0.05, 0) is 24.6 Å². The Morgan fingerprint density at radius 2 is 2.14 bits per heavy atom. The first-order valence-electron chi connectivity index (χ1n) is 6.74. The minimum atomic E-state index is 0. The van der Waals surface area contributed by atoms with Crippen molar-refractivity contribution in [3.05, 3.63) is 30.1 Å². The van der Waals surface area contributed by atoms with Crippen LogP contribution in [0.3, 0.4) is 0 Å². The number of methoxy groups -OCH3 is 1. The SMILES string of the molecule is CO[C@@H]1CCN[C@@H]2CN(Cc3cccnc3)C[C@@H]21.Cl.Cl.Cl. The Bertz CT molecular complexity index is 396. The Balaban J connectivity index is 0.00000133. The molecule has 0 aromatic carbocycles. The third kappa shape index (κ3) is 4.95. The minimum absolute atomic E-state index is 0. The van der Waals surface area contributed by atoms with E-state index in [0.717, 1.165) is 32.6 Å². The summed E-state index contributed by atoms with van der Waals surface area (Å²) in [6.45, 7) is 4.34. The lowest BCUT2D eigenvalue weighted by Gasteiger charge is -2.32. The molecule has 3 rings (SSSR count). The molecule has 122 valence electrons. The second kappa shape index (κ2) is 9.82. The van der Waals surface area contributed by atoms with E-state index in [1.807, 2.05) is 25.6 Å². The zero-order valence-electron chi connectivity index (χ0n) is 12.1. The standard InChI is InChI=1S/C14H21N3O.3ClH/c1-18-14-4-6-16-13-10-17(9-12(13)14)8-11-3-2-5-15-7-11;;;/h2-3,5,7,12-14,16H,4,6,8-10H2,1H3;3*1H/t12-,13+,14+;;;/m0.../s1. The fourth-order valence-corrected chi connectivity index (χ4v) is 3.30. The van der Waals surface area contributed by atoms with E-state index in [4.69, 9.17) is 4.74 Å². The first kappa shape index (κ1) is 20.9. The van der Waals surface area contributed by atoms with Crippen LogP contribution in [0.5, 0.6) is 0 Å². The summed E-state index contributed by atoms with van der Waals surface area (Å²) in [4.78, 5) is 6.69. The second-order valence-corrected chi connectivity index (χ2v) is 5.34. The number of halogens is 3. The van der Waals surface area contributed by atoms with Crippen LogP contribution in [0.25, 0.3) is 0 Å². The number of piperidine rings is 1. The van der Waals surface area contributed by atoms with Crippen molar-refractivity contribution < 1.29 is 4.74 Å². The molecule has 1 aromatic rings. The smallest absolute Gasteiger partial charge is 0.0639 e. The van der Waals surface area contributed by atoms with Gasteiger partial charge in [-0.2, -0.15) is 0 Å². The summed E-state index contributed by atoms with van der Waals surface area (Å²) < 4.78 is 5.62. The monoisotopic (exact) mass is 355 g/mol. The van der Waals surface area contributed by atoms with E-state index in [1.165, 1.54) is 5.56 Å². The molecule has 0 spiro atoms. The molecule has 0 saturated carbocycles. The molecule has 1 N–H and O–H groups in total. The Labute approximate surface area is 145 Å². The highest BCUT2D eigenvalue weighted by atomic mass is 35.5. The lowest BCUT2D eigenvalue weighted by molar-refractivity contribution is 0.0241. The Kier molecular flexibility index (Phi) is 9.78. The maximum absolute atomic E-state index is 5.62. The summed E-state index contributed by atoms with van der Waals surface area (Å²) in [7, 11) is 1.84. The minimum Gasteiger partial charge on any atom is -0.381 e. The molecule has 0 amide bonds. The number of nitrogens with one attached hydrogen (secondary N) is 1. The van der Waals surface area contributed by atoms with Crippen molar-refractivity contribution in [3.8, 4) is 0 Å². The van der Waals surface area contributed by atoms with Crippen molar-refractivity contribution >= 4 is 37.2 Å². The van der Waals surface area contributed by atoms with Gasteiger partial charge in [-0.15, -0.1) is 37.2 Å². The van der Waals surface area contributed by atoms with E-state index in [1.54, 1.807) is 0 Å². The summed E-state index contributed by atoms with van der Waals surface area (Å²) in [5.74, 6) is 0.639. The van der Waals surface area contributed by atoms with Gasteiger partial charge in [0.15, 0.2) is 0 Å². The average Bonchev–Trinajstić information content (AvgIpc) is 2.82. The fourth-order valence-electron chi connectivity index (χ4n) is 3.30. The van der Waals surface area contributed by atoms with Crippen molar-refractivity contribution in [3.63, 3.8) is 0 Å². The molecule has 21 heavy (non-hydrogen) atoms. The number of aromatic nitrogens is 1. The molecule has 0 aliphatic carbocycles. The first-order valence-corrected chi connectivity index (χ1v) is 6.74. The van der Waals surface area contributed by atoms with Gasteiger partial charge in [-0.1, -0.05) is 6.07 Å². The van der Waals surface area contributed by atoms with Crippen LogP contribution in [0.15, 0.2) is 24.5 Å². The van der Waals surface area contributed by atoms with Crippen LogP contribution in [0.4, 0.5) is 0 Å². The number of rotatable bonds is 3. The maximum atomic E-state index is 5.62. The van der Waals surface area contributed by atoms with Gasteiger partial charge < -0.3 is 10.1 Å². The van der Waals surface area contributed by atoms with Crippen molar-refractivity contribution in [1.29, 1.82) is 0 Å². The van der Waals surface area contributed by atoms with Gasteiger partial charge in [0.05, 0.1) is 6.10 Å². The summed E-state index contributed by atoms with van der Waals surface area (Å²) in [5, 5.41) is 3.62. The number of ether oxygens (including phenoxy) is 1. The molecule has 2 aliphatic rings. The molecule has 2 fully saturated rings. The van der Waals surface area contributed by atoms with E-state index >= 15 is 0 Å². The number of fused-ring (bicyclic) bond motifs is 1. The van der Waals surface area contributed by atoms with E-state index in [-0.39, 0.29) is 37.2 Å². The van der Waals surface area contributed by atoms with Crippen LogP contribution in [-0.4, -0.2) is 48.8 Å². The largest absolute Gasteiger partial charge is 0.381 e. The summed E-state index contributed by atoms with van der Waals surface area (Å²) >= 11 is 0. The number of likely N-dealkylation sites (tertiary alicyclic amines) is 1. The van der Waals surface area contributed by atoms with Gasteiger partial charge in [0.25, 0.3) is 0 Å². The number of hydrogen-bond donors (Lipinski definition) is 1. The lowest BCUT2D eigenvalue weighted by Crippen LogP contribution is -2.48. The van der Waals surface area contributed by atoms with E-state index in [9.17, 15) is 0 Å². The van der Waals surface area contributed by atoms with E-state index < -0.39 is 0 Å². The van der Waals surface area contributed by atoms with Gasteiger partial charge in [-0.25, -0.2) is 0 Å². The van der Waals surface area contributed by atoms with Crippen molar-refractivity contribution in [2.45, 2.75) is 25.1 Å². The topological polar surface area (TPSA) is 37.4 Å². The van der Waals surface area contributed by atoms with Gasteiger partial charge in [0.1, 0.15) is 0 Å². The quantitative estimate of drug-likeness (QED) is 0.900. The molecule has 7 heteroatoms. The summed E-state index contributed by atoms with van der Waals surface area (Å²) in [6, 6.07) is 4.76. The Hall–Kier alpha value is -0.100.